The highest BCUT2D eigenvalue weighted by Crippen LogP contribution is 2.47. The zero-order chi connectivity index (χ0) is 25.3. The quantitative estimate of drug-likeness (QED) is 0.404. The molecule has 0 amide bonds. The van der Waals surface area contributed by atoms with Gasteiger partial charge in [-0.15, -0.1) is 0 Å². The van der Waals surface area contributed by atoms with E-state index in [2.05, 4.69) is 24.1 Å². The summed E-state index contributed by atoms with van der Waals surface area (Å²) >= 11 is 0. The van der Waals surface area contributed by atoms with Gasteiger partial charge in [0.25, 0.3) is 5.56 Å². The summed E-state index contributed by atoms with van der Waals surface area (Å²) in [5.41, 5.74) is 0.641. The van der Waals surface area contributed by atoms with Crippen LogP contribution in [0.4, 0.5) is 8.78 Å². The third kappa shape index (κ3) is 4.42. The molecule has 3 atom stereocenters. The van der Waals surface area contributed by atoms with E-state index < -0.39 is 11.4 Å². The molecule has 36 heavy (non-hydrogen) atoms. The standard InChI is InChI=1S/C27H27F2N5O2/c1-3-34(2)16-13-27(33-15-12-25(35)32-33,19-7-9-20(28)10-8-19)23(18-34)24-11-14-30-26(31-24)36-22-6-4-5-21(29)17-22/h4-12,14-15,17,23H,3,13,16,18H2,1-2H3/p+1. The highest BCUT2D eigenvalue weighted by molar-refractivity contribution is 5.34. The number of likely N-dealkylation sites (N-methyl/N-ethyl adjacent to an activating group) is 1. The predicted molar refractivity (Wildman–Crippen MR) is 131 cm³/mol. The zero-order valence-corrected chi connectivity index (χ0v) is 20.2. The summed E-state index contributed by atoms with van der Waals surface area (Å²) in [6.45, 7) is 4.63. The largest absolute Gasteiger partial charge is 0.424 e. The highest BCUT2D eigenvalue weighted by Gasteiger charge is 2.52. The number of quaternary nitrogens is 1. The first kappa shape index (κ1) is 23.9. The van der Waals surface area contributed by atoms with E-state index in [1.165, 1.54) is 30.3 Å². The number of halogens is 2. The smallest absolute Gasteiger partial charge is 0.322 e. The first-order valence-electron chi connectivity index (χ1n) is 12.0. The van der Waals surface area contributed by atoms with E-state index in [0.29, 0.717) is 24.4 Å². The topological polar surface area (TPSA) is 72.8 Å². The minimum absolute atomic E-state index is 0.100. The SMILES string of the molecule is CC[N+]1(C)CCC(c2ccc(F)cc2)(n2ccc(=O)[nH]2)C(c2ccnc(Oc3cccc(F)c3)n2)C1. The molecule has 1 saturated heterocycles. The Bertz CT molecular complexity index is 1420. The van der Waals surface area contributed by atoms with Crippen LogP contribution in [0, 0.1) is 11.6 Å². The summed E-state index contributed by atoms with van der Waals surface area (Å²) in [6, 6.07) is 15.7. The molecule has 1 fully saturated rings. The molecular weight excluding hydrogens is 464 g/mol. The van der Waals surface area contributed by atoms with Crippen LogP contribution in [0.15, 0.2) is 77.9 Å². The Balaban J connectivity index is 1.66. The average Bonchev–Trinajstić information content (AvgIpc) is 3.31. The summed E-state index contributed by atoms with van der Waals surface area (Å²) < 4.78 is 36.0. The van der Waals surface area contributed by atoms with Crippen LogP contribution in [0.25, 0.3) is 0 Å². The maximum atomic E-state index is 13.9. The van der Waals surface area contributed by atoms with Crippen LogP contribution in [-0.2, 0) is 5.54 Å². The van der Waals surface area contributed by atoms with Crippen LogP contribution in [0.1, 0.15) is 30.5 Å². The van der Waals surface area contributed by atoms with Crippen molar-refractivity contribution < 1.29 is 18.0 Å². The molecule has 9 heteroatoms. The van der Waals surface area contributed by atoms with Gasteiger partial charge in [0.2, 0.25) is 0 Å². The molecule has 2 aromatic carbocycles. The number of hydrogen-bond acceptors (Lipinski definition) is 4. The Morgan fingerprint density at radius 2 is 1.94 bits per heavy atom. The number of benzene rings is 2. The van der Waals surface area contributed by atoms with E-state index in [1.807, 2.05) is 10.7 Å². The van der Waals surface area contributed by atoms with Gasteiger partial charge in [-0.05, 0) is 42.8 Å². The summed E-state index contributed by atoms with van der Waals surface area (Å²) in [5.74, 6) is -0.671. The molecule has 0 bridgehead atoms. The van der Waals surface area contributed by atoms with Crippen molar-refractivity contribution in [1.82, 2.24) is 19.7 Å². The third-order valence-electron chi connectivity index (χ3n) is 7.39. The van der Waals surface area contributed by atoms with Crippen molar-refractivity contribution >= 4 is 0 Å². The van der Waals surface area contributed by atoms with Crippen molar-refractivity contribution in [2.24, 2.45) is 0 Å². The average molecular weight is 493 g/mol. The number of aromatic amines is 1. The van der Waals surface area contributed by atoms with Gasteiger partial charge in [-0.1, -0.05) is 18.2 Å². The van der Waals surface area contributed by atoms with Crippen molar-refractivity contribution in [2.75, 3.05) is 26.7 Å². The van der Waals surface area contributed by atoms with Gasteiger partial charge in [0.15, 0.2) is 0 Å². The summed E-state index contributed by atoms with van der Waals surface area (Å²) in [4.78, 5) is 21.3. The molecule has 1 N–H and O–H groups in total. The van der Waals surface area contributed by atoms with Crippen molar-refractivity contribution in [1.29, 1.82) is 0 Å². The van der Waals surface area contributed by atoms with Gasteiger partial charge in [-0.2, -0.15) is 4.98 Å². The Hall–Kier alpha value is -3.85. The first-order valence-corrected chi connectivity index (χ1v) is 12.0. The molecule has 2 aromatic heterocycles. The number of likely N-dealkylation sites (tertiary alicyclic amines) is 1. The van der Waals surface area contributed by atoms with Crippen LogP contribution in [-0.4, -0.2) is 50.9 Å². The van der Waals surface area contributed by atoms with Crippen molar-refractivity contribution in [3.05, 3.63) is 106 Å². The van der Waals surface area contributed by atoms with Gasteiger partial charge >= 0.3 is 6.01 Å². The highest BCUT2D eigenvalue weighted by atomic mass is 19.1. The van der Waals surface area contributed by atoms with Gasteiger partial charge in [-0.3, -0.25) is 14.6 Å². The van der Waals surface area contributed by atoms with Crippen molar-refractivity contribution in [3.8, 4) is 11.8 Å². The van der Waals surface area contributed by atoms with Crippen molar-refractivity contribution in [3.63, 3.8) is 0 Å². The summed E-state index contributed by atoms with van der Waals surface area (Å²) in [7, 11) is 2.20. The Morgan fingerprint density at radius 3 is 2.64 bits per heavy atom. The molecule has 1 aliphatic rings. The van der Waals surface area contributed by atoms with Crippen LogP contribution < -0.4 is 10.3 Å². The molecular formula is C27H28F2N5O2+. The number of hydrogen-bond donors (Lipinski definition) is 1. The van der Waals surface area contributed by atoms with E-state index in [9.17, 15) is 13.6 Å². The molecule has 0 aliphatic carbocycles. The molecule has 186 valence electrons. The number of nitrogens with one attached hydrogen (secondary N) is 1. The second-order valence-electron chi connectivity index (χ2n) is 9.56. The van der Waals surface area contributed by atoms with Gasteiger partial charge in [-0.25, -0.2) is 13.8 Å². The molecule has 7 nitrogen and oxygen atoms in total. The predicted octanol–water partition coefficient (Wildman–Crippen LogP) is 4.43. The molecule has 3 unspecified atom stereocenters. The normalized spacial score (nSPS) is 23.9. The second-order valence-corrected chi connectivity index (χ2v) is 9.56. The lowest BCUT2D eigenvalue weighted by Gasteiger charge is -2.51. The fraction of sp³-hybridized carbons (Fsp3) is 0.296. The van der Waals surface area contributed by atoms with E-state index in [4.69, 9.17) is 9.72 Å². The van der Waals surface area contributed by atoms with Crippen LogP contribution in [0.2, 0.25) is 0 Å². The Kier molecular flexibility index (Phi) is 6.17. The molecule has 3 heterocycles. The molecule has 0 spiro atoms. The second kappa shape index (κ2) is 9.31. The molecule has 4 aromatic rings. The van der Waals surface area contributed by atoms with Gasteiger partial charge < -0.3 is 9.22 Å². The minimum Gasteiger partial charge on any atom is -0.424 e. The number of H-pyrrole nitrogens is 1. The maximum absolute atomic E-state index is 13.9. The lowest BCUT2D eigenvalue weighted by Crippen LogP contribution is -2.60. The van der Waals surface area contributed by atoms with Crippen molar-refractivity contribution in [2.45, 2.75) is 24.8 Å². The Morgan fingerprint density at radius 1 is 1.14 bits per heavy atom. The first-order chi connectivity index (χ1) is 17.3. The van der Waals surface area contributed by atoms with E-state index in [1.54, 1.807) is 36.7 Å². The third-order valence-corrected chi connectivity index (χ3v) is 7.39. The van der Waals surface area contributed by atoms with E-state index in [-0.39, 0.29) is 23.3 Å². The molecule has 5 rings (SSSR count). The molecule has 0 saturated carbocycles. The van der Waals surface area contributed by atoms with Crippen LogP contribution in [0.5, 0.6) is 11.8 Å². The zero-order valence-electron chi connectivity index (χ0n) is 20.2. The maximum Gasteiger partial charge on any atom is 0.322 e. The summed E-state index contributed by atoms with van der Waals surface area (Å²) in [5, 5.41) is 2.95. The number of ether oxygens (including phenoxy) is 1. The van der Waals surface area contributed by atoms with Gasteiger partial charge in [0, 0.05) is 30.9 Å². The minimum atomic E-state index is -0.728. The lowest BCUT2D eigenvalue weighted by molar-refractivity contribution is -0.915. The number of nitrogens with zero attached hydrogens (tertiary/aromatic N) is 4. The number of piperidine rings is 1. The van der Waals surface area contributed by atoms with E-state index in [0.717, 1.165) is 23.1 Å². The fourth-order valence-corrected chi connectivity index (χ4v) is 5.24. The summed E-state index contributed by atoms with van der Waals surface area (Å²) in [6.07, 6.45) is 4.05. The van der Waals surface area contributed by atoms with Gasteiger partial charge in [0.05, 0.1) is 38.3 Å². The van der Waals surface area contributed by atoms with Crippen LogP contribution >= 0.6 is 0 Å². The van der Waals surface area contributed by atoms with Gasteiger partial charge in [0.1, 0.15) is 22.9 Å². The van der Waals surface area contributed by atoms with E-state index >= 15 is 0 Å². The Labute approximate surface area is 207 Å². The monoisotopic (exact) mass is 492 g/mol. The van der Waals surface area contributed by atoms with Crippen LogP contribution in [0.3, 0.4) is 0 Å². The lowest BCUT2D eigenvalue weighted by atomic mass is 9.70. The molecule has 1 aliphatic heterocycles. The molecule has 0 radical (unpaired) electrons. The fourth-order valence-electron chi connectivity index (χ4n) is 5.24. The number of rotatable bonds is 6. The number of aromatic nitrogens is 4.